The van der Waals surface area contributed by atoms with Gasteiger partial charge in [0.1, 0.15) is 23.2 Å². The first-order valence-electron chi connectivity index (χ1n) is 16.4. The van der Waals surface area contributed by atoms with Crippen LogP contribution in [0, 0.1) is 29.4 Å². The number of piperazine rings is 1. The highest BCUT2D eigenvalue weighted by atomic mass is 35.5. The largest absolute Gasteiger partial charge is 0.508 e. The predicted molar refractivity (Wildman–Crippen MR) is 176 cm³/mol. The summed E-state index contributed by atoms with van der Waals surface area (Å²) in [6.07, 6.45) is 11.4. The van der Waals surface area contributed by atoms with E-state index in [2.05, 4.69) is 21.0 Å². The molecule has 1 aromatic heterocycles. The predicted octanol–water partition coefficient (Wildman–Crippen LogP) is 5.64. The monoisotopic (exact) mass is 657 g/mol. The average molecular weight is 658 g/mol. The molecule has 5 heterocycles. The van der Waals surface area contributed by atoms with Crippen LogP contribution in [0.5, 0.6) is 11.8 Å². The molecule has 5 aliphatic rings. The molecule has 1 saturated carbocycles. The van der Waals surface area contributed by atoms with Crippen molar-refractivity contribution < 1.29 is 23.4 Å². The molecule has 242 valence electrons. The number of morpholine rings is 1. The molecular weight excluding hydrogens is 624 g/mol. The number of ether oxygens (including phenoxy) is 2. The fourth-order valence-electron chi connectivity index (χ4n) is 8.29. The first kappa shape index (κ1) is 29.4. The van der Waals surface area contributed by atoms with Crippen molar-refractivity contribution in [2.45, 2.75) is 56.3 Å². The van der Waals surface area contributed by atoms with Gasteiger partial charge < -0.3 is 24.8 Å². The van der Waals surface area contributed by atoms with Crippen molar-refractivity contribution in [1.29, 1.82) is 0 Å². The molecule has 0 amide bonds. The Hall–Kier alpha value is -3.75. The lowest BCUT2D eigenvalue weighted by Crippen LogP contribution is -2.51. The number of phenolic OH excluding ortho intramolecular Hbond substituents is 1. The maximum atomic E-state index is 16.4. The summed E-state index contributed by atoms with van der Waals surface area (Å²) in [5.41, 5.74) is 0.473. The highest BCUT2D eigenvalue weighted by molar-refractivity contribution is 6.38. The fraction of sp³-hybridized carbons (Fsp3) is 0.444. The maximum absolute atomic E-state index is 16.4. The third-order valence-electron chi connectivity index (χ3n) is 10.8. The normalized spacial score (nSPS) is 26.0. The standard InChI is InChI=1S/C36H34ClF2N5O3/c1-2-25-28(38)6-3-19-9-23(45)11-26(30(19)25)31-29(39)12-27-33(32(31)37)41-35(42-34(27)43-13-20-4-5-21(14-43)40-20)47-18-36(7-8-36)17-44-15-24-10-22(44)16-46-24/h1,3,6,9,11-12,20-22,24,40,45H,4-5,7-8,10,13-18H2/t20?,21?,22-,24-/m1/s1. The van der Waals surface area contributed by atoms with Gasteiger partial charge in [0, 0.05) is 66.1 Å². The molecule has 8 nitrogen and oxygen atoms in total. The lowest BCUT2D eigenvalue weighted by atomic mass is 9.93. The number of hydrogen-bond donors (Lipinski definition) is 2. The van der Waals surface area contributed by atoms with Gasteiger partial charge in [-0.05, 0) is 67.3 Å². The number of halogens is 3. The van der Waals surface area contributed by atoms with Gasteiger partial charge >= 0.3 is 6.01 Å². The van der Waals surface area contributed by atoms with E-state index in [-0.39, 0.29) is 44.3 Å². The van der Waals surface area contributed by atoms with Gasteiger partial charge in [-0.25, -0.2) is 8.78 Å². The summed E-state index contributed by atoms with van der Waals surface area (Å²) in [7, 11) is 0. The molecule has 0 radical (unpaired) electrons. The molecule has 2 N–H and O–H groups in total. The van der Waals surface area contributed by atoms with E-state index in [0.29, 0.717) is 66.0 Å². The maximum Gasteiger partial charge on any atom is 0.319 e. The van der Waals surface area contributed by atoms with Gasteiger partial charge in [-0.15, -0.1) is 6.42 Å². The smallest absolute Gasteiger partial charge is 0.319 e. The number of phenols is 1. The van der Waals surface area contributed by atoms with Crippen molar-refractivity contribution in [2.75, 3.05) is 44.3 Å². The third-order valence-corrected chi connectivity index (χ3v) is 11.2. The molecular formula is C36H34ClF2N5O3. The number of nitrogens with zero attached hydrogens (tertiary/aromatic N) is 4. The van der Waals surface area contributed by atoms with Crippen LogP contribution in [-0.2, 0) is 4.74 Å². The molecule has 4 atom stereocenters. The van der Waals surface area contributed by atoms with Gasteiger partial charge in [-0.2, -0.15) is 9.97 Å². The van der Waals surface area contributed by atoms with Crippen molar-refractivity contribution >= 4 is 39.1 Å². The number of anilines is 1. The van der Waals surface area contributed by atoms with Crippen LogP contribution >= 0.6 is 11.6 Å². The van der Waals surface area contributed by atoms with Gasteiger partial charge in [0.25, 0.3) is 0 Å². The molecule has 4 bridgehead atoms. The van der Waals surface area contributed by atoms with E-state index in [4.69, 9.17) is 37.5 Å². The van der Waals surface area contributed by atoms with E-state index >= 15 is 4.39 Å². The molecule has 5 fully saturated rings. The Kier molecular flexibility index (Phi) is 6.81. The number of rotatable bonds is 7. The second kappa shape index (κ2) is 10.9. The summed E-state index contributed by atoms with van der Waals surface area (Å²) in [6.45, 7) is 4.62. The molecule has 3 aromatic carbocycles. The summed E-state index contributed by atoms with van der Waals surface area (Å²) < 4.78 is 43.5. The van der Waals surface area contributed by atoms with Gasteiger partial charge in [-0.3, -0.25) is 4.90 Å². The molecule has 4 aliphatic heterocycles. The van der Waals surface area contributed by atoms with Crippen LogP contribution in [0.3, 0.4) is 0 Å². The molecule has 11 heteroatoms. The minimum atomic E-state index is -0.654. The summed E-state index contributed by atoms with van der Waals surface area (Å²) >= 11 is 7.11. The van der Waals surface area contributed by atoms with Crippen LogP contribution in [0.25, 0.3) is 32.8 Å². The van der Waals surface area contributed by atoms with Crippen LogP contribution < -0.4 is 15.0 Å². The van der Waals surface area contributed by atoms with E-state index < -0.39 is 11.6 Å². The van der Waals surface area contributed by atoms with Crippen LogP contribution in [0.15, 0.2) is 30.3 Å². The number of hydrogen-bond acceptors (Lipinski definition) is 8. The minimum Gasteiger partial charge on any atom is -0.508 e. The third kappa shape index (κ3) is 4.98. The van der Waals surface area contributed by atoms with E-state index in [1.807, 2.05) is 0 Å². The highest BCUT2D eigenvalue weighted by Crippen LogP contribution is 2.49. The van der Waals surface area contributed by atoms with Crippen LogP contribution in [-0.4, -0.2) is 83.6 Å². The lowest BCUT2D eigenvalue weighted by molar-refractivity contribution is 0.0176. The van der Waals surface area contributed by atoms with Crippen LogP contribution in [0.1, 0.15) is 37.7 Å². The Morgan fingerprint density at radius 2 is 1.91 bits per heavy atom. The Morgan fingerprint density at radius 3 is 2.62 bits per heavy atom. The fourth-order valence-corrected chi connectivity index (χ4v) is 8.63. The SMILES string of the molecule is C#Cc1c(F)ccc2cc(O)cc(-c3c(F)cc4c(N5CC6CCC(C5)N6)nc(OCC5(CN6C[C@H]7C[C@@H]6CO7)CC5)nc4c3Cl)c12. The molecule has 2 unspecified atom stereocenters. The quantitative estimate of drug-likeness (QED) is 0.247. The van der Waals surface area contributed by atoms with Gasteiger partial charge in [0.05, 0.1) is 35.4 Å². The van der Waals surface area contributed by atoms with Crippen molar-refractivity contribution in [3.63, 3.8) is 0 Å². The second-order valence-corrected chi connectivity index (χ2v) is 14.4. The lowest BCUT2D eigenvalue weighted by Gasteiger charge is -2.34. The minimum absolute atomic E-state index is 0.0139. The first-order chi connectivity index (χ1) is 22.8. The topological polar surface area (TPSA) is 83.0 Å². The van der Waals surface area contributed by atoms with Gasteiger partial charge in [0.2, 0.25) is 0 Å². The molecule has 1 aliphatic carbocycles. The van der Waals surface area contributed by atoms with Crippen molar-refractivity contribution in [2.24, 2.45) is 5.41 Å². The van der Waals surface area contributed by atoms with Crippen molar-refractivity contribution in [3.8, 4) is 35.2 Å². The van der Waals surface area contributed by atoms with Crippen molar-refractivity contribution in [3.05, 3.63) is 52.6 Å². The number of terminal acetylenes is 1. The Labute approximate surface area is 276 Å². The zero-order valence-electron chi connectivity index (χ0n) is 25.7. The van der Waals surface area contributed by atoms with E-state index in [9.17, 15) is 9.50 Å². The number of likely N-dealkylation sites (tertiary alicyclic amines) is 1. The molecule has 47 heavy (non-hydrogen) atoms. The van der Waals surface area contributed by atoms with E-state index in [1.54, 1.807) is 0 Å². The number of aromatic nitrogens is 2. The Balaban J connectivity index is 1.15. The summed E-state index contributed by atoms with van der Waals surface area (Å²) in [4.78, 5) is 14.4. The van der Waals surface area contributed by atoms with Crippen LogP contribution in [0.4, 0.5) is 14.6 Å². The molecule has 4 aromatic rings. The van der Waals surface area contributed by atoms with E-state index in [1.165, 1.54) is 30.3 Å². The molecule has 9 rings (SSSR count). The van der Waals surface area contributed by atoms with Gasteiger partial charge in [0.15, 0.2) is 0 Å². The Morgan fingerprint density at radius 1 is 1.11 bits per heavy atom. The highest BCUT2D eigenvalue weighted by Gasteiger charge is 2.49. The zero-order valence-corrected chi connectivity index (χ0v) is 26.5. The second-order valence-electron chi connectivity index (χ2n) is 14.0. The first-order valence-corrected chi connectivity index (χ1v) is 16.8. The number of nitrogens with one attached hydrogen (secondary N) is 1. The number of fused-ring (bicyclic) bond motifs is 6. The van der Waals surface area contributed by atoms with Gasteiger partial charge in [-0.1, -0.05) is 23.6 Å². The zero-order chi connectivity index (χ0) is 32.0. The van der Waals surface area contributed by atoms with Crippen molar-refractivity contribution in [1.82, 2.24) is 20.2 Å². The van der Waals surface area contributed by atoms with Crippen LogP contribution in [0.2, 0.25) is 5.02 Å². The van der Waals surface area contributed by atoms with E-state index in [0.717, 1.165) is 51.8 Å². The summed E-state index contributed by atoms with van der Waals surface area (Å²) in [6, 6.07) is 8.24. The number of benzene rings is 3. The summed E-state index contributed by atoms with van der Waals surface area (Å²) in [5.74, 6) is 1.57. The summed E-state index contributed by atoms with van der Waals surface area (Å²) in [5, 5.41) is 15.5. The molecule has 0 spiro atoms. The average Bonchev–Trinajstić information content (AvgIpc) is 3.32. The molecule has 4 saturated heterocycles. The Bertz CT molecular complexity index is 1990. The number of aromatic hydroxyl groups is 1.